The number of nitrogens with zero attached hydrogens (tertiary/aromatic N) is 6. The maximum Gasteiger partial charge on any atom is 0.236 e. The molecule has 0 bridgehead atoms. The minimum absolute atomic E-state index is 0.0875. The lowest BCUT2D eigenvalue weighted by Gasteiger charge is -2.35. The van der Waals surface area contributed by atoms with Crippen molar-refractivity contribution in [3.05, 3.63) is 12.7 Å². The highest BCUT2D eigenvalue weighted by Crippen LogP contribution is 2.18. The van der Waals surface area contributed by atoms with Gasteiger partial charge in [0.05, 0.1) is 13.1 Å². The van der Waals surface area contributed by atoms with Crippen molar-refractivity contribution in [1.29, 1.82) is 0 Å². The third-order valence-electron chi connectivity index (χ3n) is 4.78. The predicted octanol–water partition coefficient (Wildman–Crippen LogP) is -0.567. The summed E-state index contributed by atoms with van der Waals surface area (Å²) >= 11 is 0. The summed E-state index contributed by atoms with van der Waals surface area (Å²) in [5.41, 5.74) is 0. The van der Waals surface area contributed by atoms with Crippen LogP contribution >= 0.6 is 0 Å². The van der Waals surface area contributed by atoms with E-state index in [1.165, 1.54) is 0 Å². The molecule has 0 aromatic carbocycles. The van der Waals surface area contributed by atoms with Crippen LogP contribution in [0.2, 0.25) is 0 Å². The molecule has 0 saturated carbocycles. The Morgan fingerprint density at radius 1 is 1.13 bits per heavy atom. The molecular weight excluding hydrogens is 296 g/mol. The molecular formula is C15H24N6O2. The van der Waals surface area contributed by atoms with Crippen LogP contribution in [-0.2, 0) is 16.1 Å². The first kappa shape index (κ1) is 15.9. The highest BCUT2D eigenvalue weighted by molar-refractivity contribution is 5.79. The SMILES string of the molecule is CC(=O)N1CCN(C(=O)CN2CCC[C@H]2Cn2cncn2)CC1. The Labute approximate surface area is 136 Å². The van der Waals surface area contributed by atoms with E-state index in [0.717, 1.165) is 25.9 Å². The summed E-state index contributed by atoms with van der Waals surface area (Å²) in [6, 6.07) is 0.346. The molecule has 2 saturated heterocycles. The van der Waals surface area contributed by atoms with Gasteiger partial charge in [-0.05, 0) is 19.4 Å². The van der Waals surface area contributed by atoms with Gasteiger partial charge in [-0.1, -0.05) is 0 Å². The van der Waals surface area contributed by atoms with E-state index in [4.69, 9.17) is 0 Å². The van der Waals surface area contributed by atoms with Gasteiger partial charge in [0.15, 0.2) is 0 Å². The van der Waals surface area contributed by atoms with Gasteiger partial charge < -0.3 is 9.80 Å². The lowest BCUT2D eigenvalue weighted by molar-refractivity contribution is -0.139. The Bertz CT molecular complexity index is 538. The van der Waals surface area contributed by atoms with Crippen molar-refractivity contribution in [3.8, 4) is 0 Å². The highest BCUT2D eigenvalue weighted by atomic mass is 16.2. The normalized spacial score (nSPS) is 22.6. The summed E-state index contributed by atoms with van der Waals surface area (Å²) < 4.78 is 1.83. The first-order valence-corrected chi connectivity index (χ1v) is 8.23. The maximum atomic E-state index is 12.5. The van der Waals surface area contributed by atoms with Crippen molar-refractivity contribution < 1.29 is 9.59 Å². The molecule has 8 heteroatoms. The summed E-state index contributed by atoms with van der Waals surface area (Å²) in [6.45, 7) is 6.34. The second-order valence-electron chi connectivity index (χ2n) is 6.27. The molecule has 3 rings (SSSR count). The van der Waals surface area contributed by atoms with Crippen LogP contribution in [0.15, 0.2) is 12.7 Å². The van der Waals surface area contributed by atoms with Gasteiger partial charge in [0, 0.05) is 39.1 Å². The van der Waals surface area contributed by atoms with E-state index < -0.39 is 0 Å². The Hall–Kier alpha value is -1.96. The fourth-order valence-corrected chi connectivity index (χ4v) is 3.40. The number of amides is 2. The molecule has 1 aromatic rings. The average Bonchev–Trinajstić information content (AvgIpc) is 3.20. The van der Waals surface area contributed by atoms with Crippen molar-refractivity contribution in [2.45, 2.75) is 32.4 Å². The molecule has 0 N–H and O–H groups in total. The van der Waals surface area contributed by atoms with Gasteiger partial charge in [0.25, 0.3) is 0 Å². The number of rotatable bonds is 4. The minimum atomic E-state index is 0.0875. The van der Waals surface area contributed by atoms with Gasteiger partial charge in [-0.15, -0.1) is 0 Å². The fraction of sp³-hybridized carbons (Fsp3) is 0.733. The van der Waals surface area contributed by atoms with Crippen LogP contribution in [0.5, 0.6) is 0 Å². The Kier molecular flexibility index (Phi) is 4.90. The number of hydrogen-bond acceptors (Lipinski definition) is 5. The van der Waals surface area contributed by atoms with Crippen LogP contribution in [0, 0.1) is 0 Å². The van der Waals surface area contributed by atoms with E-state index in [9.17, 15) is 9.59 Å². The second kappa shape index (κ2) is 7.08. The Morgan fingerprint density at radius 3 is 2.52 bits per heavy atom. The van der Waals surface area contributed by atoms with Crippen molar-refractivity contribution in [2.24, 2.45) is 0 Å². The van der Waals surface area contributed by atoms with Crippen LogP contribution in [0.4, 0.5) is 0 Å². The quantitative estimate of drug-likeness (QED) is 0.743. The number of piperazine rings is 1. The molecule has 2 amide bonds. The Balaban J connectivity index is 1.50. The molecule has 8 nitrogen and oxygen atoms in total. The molecule has 0 spiro atoms. The molecule has 2 fully saturated rings. The van der Waals surface area contributed by atoms with Crippen molar-refractivity contribution in [3.63, 3.8) is 0 Å². The fourth-order valence-electron chi connectivity index (χ4n) is 3.40. The van der Waals surface area contributed by atoms with E-state index in [1.54, 1.807) is 24.5 Å². The standard InChI is InChI=1S/C15H24N6O2/c1-13(22)18-5-7-19(8-6-18)15(23)10-20-4-2-3-14(20)9-21-12-16-11-17-21/h11-12,14H,2-10H2,1H3/t14-/m0/s1. The van der Waals surface area contributed by atoms with Crippen LogP contribution in [0.1, 0.15) is 19.8 Å². The summed E-state index contributed by atoms with van der Waals surface area (Å²) in [5.74, 6) is 0.253. The van der Waals surface area contributed by atoms with E-state index in [-0.39, 0.29) is 11.8 Å². The molecule has 1 aromatic heterocycles. The summed E-state index contributed by atoms with van der Waals surface area (Å²) in [7, 11) is 0. The third kappa shape index (κ3) is 3.87. The maximum absolute atomic E-state index is 12.5. The predicted molar refractivity (Wildman–Crippen MR) is 83.5 cm³/mol. The molecule has 23 heavy (non-hydrogen) atoms. The first-order valence-electron chi connectivity index (χ1n) is 8.23. The molecule has 0 radical (unpaired) electrons. The molecule has 2 aliphatic heterocycles. The van der Waals surface area contributed by atoms with Gasteiger partial charge >= 0.3 is 0 Å². The smallest absolute Gasteiger partial charge is 0.236 e. The number of hydrogen-bond donors (Lipinski definition) is 0. The van der Waals surface area contributed by atoms with Gasteiger partial charge in [0.1, 0.15) is 12.7 Å². The topological polar surface area (TPSA) is 74.6 Å². The van der Waals surface area contributed by atoms with E-state index in [0.29, 0.717) is 38.8 Å². The molecule has 0 unspecified atom stereocenters. The van der Waals surface area contributed by atoms with Gasteiger partial charge in [0.2, 0.25) is 11.8 Å². The summed E-state index contributed by atoms with van der Waals surface area (Å²) in [4.78, 5) is 33.8. The third-order valence-corrected chi connectivity index (χ3v) is 4.78. The van der Waals surface area contributed by atoms with Gasteiger partial charge in [-0.3, -0.25) is 19.2 Å². The molecule has 0 aliphatic carbocycles. The molecule has 2 aliphatic rings. The summed E-state index contributed by atoms with van der Waals surface area (Å²) in [5, 5.41) is 4.15. The van der Waals surface area contributed by atoms with Crippen LogP contribution < -0.4 is 0 Å². The van der Waals surface area contributed by atoms with E-state index in [1.807, 2.05) is 9.58 Å². The van der Waals surface area contributed by atoms with Crippen LogP contribution in [0.3, 0.4) is 0 Å². The van der Waals surface area contributed by atoms with Gasteiger partial charge in [-0.25, -0.2) is 4.98 Å². The van der Waals surface area contributed by atoms with Crippen LogP contribution in [0.25, 0.3) is 0 Å². The summed E-state index contributed by atoms with van der Waals surface area (Å²) in [6.07, 6.45) is 5.47. The first-order chi connectivity index (χ1) is 11.1. The molecule has 3 heterocycles. The second-order valence-corrected chi connectivity index (χ2v) is 6.27. The molecule has 1 atom stereocenters. The monoisotopic (exact) mass is 320 g/mol. The number of aromatic nitrogens is 3. The number of carbonyl (C=O) groups excluding carboxylic acids is 2. The zero-order valence-corrected chi connectivity index (χ0v) is 13.6. The lowest BCUT2D eigenvalue weighted by Crippen LogP contribution is -2.52. The van der Waals surface area contributed by atoms with Gasteiger partial charge in [-0.2, -0.15) is 5.10 Å². The largest absolute Gasteiger partial charge is 0.339 e. The minimum Gasteiger partial charge on any atom is -0.339 e. The molecule has 126 valence electrons. The van der Waals surface area contributed by atoms with E-state index in [2.05, 4.69) is 15.0 Å². The highest BCUT2D eigenvalue weighted by Gasteiger charge is 2.29. The van der Waals surface area contributed by atoms with Crippen molar-refractivity contribution in [2.75, 3.05) is 39.3 Å². The zero-order valence-electron chi connectivity index (χ0n) is 13.6. The lowest BCUT2D eigenvalue weighted by atomic mass is 10.2. The number of carbonyl (C=O) groups is 2. The Morgan fingerprint density at radius 2 is 1.87 bits per heavy atom. The average molecular weight is 320 g/mol. The van der Waals surface area contributed by atoms with E-state index >= 15 is 0 Å². The zero-order chi connectivity index (χ0) is 16.2. The number of likely N-dealkylation sites (tertiary alicyclic amines) is 1. The van der Waals surface area contributed by atoms with Crippen molar-refractivity contribution >= 4 is 11.8 Å². The van der Waals surface area contributed by atoms with Crippen molar-refractivity contribution in [1.82, 2.24) is 29.5 Å². The van der Waals surface area contributed by atoms with Crippen LogP contribution in [-0.4, -0.2) is 86.6 Å².